The molecule has 2 heteroatoms. The van der Waals surface area contributed by atoms with Crippen molar-refractivity contribution in [3.8, 4) is 0 Å². The highest BCUT2D eigenvalue weighted by Gasteiger charge is 2.13. The summed E-state index contributed by atoms with van der Waals surface area (Å²) in [4.78, 5) is 11.7. The Kier molecular flexibility index (Phi) is 4.55. The van der Waals surface area contributed by atoms with Crippen LogP contribution in [-0.4, -0.2) is 5.78 Å². The highest BCUT2D eigenvalue weighted by Crippen LogP contribution is 2.21. The van der Waals surface area contributed by atoms with E-state index in [9.17, 15) is 4.79 Å². The molecule has 0 heterocycles. The molecular formula is C14H19ClO. The molecule has 0 saturated carbocycles. The van der Waals surface area contributed by atoms with Crippen molar-refractivity contribution in [3.05, 3.63) is 34.9 Å². The van der Waals surface area contributed by atoms with E-state index in [0.717, 1.165) is 12.0 Å². The molecule has 0 unspecified atom stereocenters. The van der Waals surface area contributed by atoms with Gasteiger partial charge < -0.3 is 0 Å². The first-order valence-corrected chi connectivity index (χ1v) is 6.01. The molecule has 0 aliphatic heterocycles. The second kappa shape index (κ2) is 5.49. The van der Waals surface area contributed by atoms with E-state index in [2.05, 4.69) is 20.8 Å². The normalized spacial score (nSPS) is 11.5. The number of ketones is 1. The van der Waals surface area contributed by atoms with Crippen molar-refractivity contribution >= 4 is 17.4 Å². The fraction of sp³-hybridized carbons (Fsp3) is 0.500. The highest BCUT2D eigenvalue weighted by atomic mass is 35.5. The molecule has 0 aliphatic rings. The Labute approximate surface area is 103 Å². The second-order valence-electron chi connectivity index (χ2n) is 5.41. The summed E-state index contributed by atoms with van der Waals surface area (Å²) in [5.74, 6) is 0.289. The van der Waals surface area contributed by atoms with Crippen LogP contribution in [0.5, 0.6) is 0 Å². The van der Waals surface area contributed by atoms with Crippen molar-refractivity contribution in [2.75, 3.05) is 0 Å². The third-order valence-corrected chi connectivity index (χ3v) is 2.68. The van der Waals surface area contributed by atoms with E-state index in [-0.39, 0.29) is 11.2 Å². The van der Waals surface area contributed by atoms with Crippen LogP contribution >= 0.6 is 11.6 Å². The quantitative estimate of drug-likeness (QED) is 0.765. The molecule has 0 radical (unpaired) electrons. The lowest BCUT2D eigenvalue weighted by Gasteiger charge is -2.16. The number of carbonyl (C=O) groups is 1. The van der Waals surface area contributed by atoms with Crippen molar-refractivity contribution in [1.29, 1.82) is 0 Å². The molecule has 0 atom stereocenters. The molecule has 0 aromatic heterocycles. The van der Waals surface area contributed by atoms with Crippen LogP contribution in [0.2, 0.25) is 5.02 Å². The second-order valence-corrected chi connectivity index (χ2v) is 5.84. The number of carbonyl (C=O) groups excluding carboxylic acids is 1. The summed E-state index contributed by atoms with van der Waals surface area (Å²) in [5, 5.41) is 0.695. The Hall–Kier alpha value is -0.820. The first-order valence-electron chi connectivity index (χ1n) is 5.63. The number of halogens is 1. The molecule has 0 N–H and O–H groups in total. The van der Waals surface area contributed by atoms with Gasteiger partial charge in [-0.15, -0.1) is 0 Å². The van der Waals surface area contributed by atoms with Crippen LogP contribution in [0, 0.1) is 5.41 Å². The van der Waals surface area contributed by atoms with Crippen LogP contribution in [0.1, 0.15) is 39.2 Å². The third-order valence-electron chi connectivity index (χ3n) is 2.44. The minimum absolute atomic E-state index is 0.226. The molecule has 1 aromatic rings. The Morgan fingerprint density at radius 3 is 2.56 bits per heavy atom. The predicted octanol–water partition coefficient (Wildman–Crippen LogP) is 4.28. The average molecular weight is 239 g/mol. The fourth-order valence-corrected chi connectivity index (χ4v) is 1.69. The van der Waals surface area contributed by atoms with Gasteiger partial charge in [0.1, 0.15) is 5.78 Å². The van der Waals surface area contributed by atoms with Gasteiger partial charge in [0.25, 0.3) is 0 Å². The first kappa shape index (κ1) is 13.2. The zero-order chi connectivity index (χ0) is 12.2. The Morgan fingerprint density at radius 2 is 2.00 bits per heavy atom. The van der Waals surface area contributed by atoms with E-state index in [4.69, 9.17) is 11.6 Å². The van der Waals surface area contributed by atoms with Crippen molar-refractivity contribution in [2.24, 2.45) is 5.41 Å². The molecule has 0 aliphatic carbocycles. The van der Waals surface area contributed by atoms with Gasteiger partial charge in [-0.1, -0.05) is 44.5 Å². The molecule has 1 rings (SSSR count). The van der Waals surface area contributed by atoms with Gasteiger partial charge in [0, 0.05) is 17.9 Å². The molecule has 0 spiro atoms. The molecule has 0 amide bonds. The van der Waals surface area contributed by atoms with Crippen molar-refractivity contribution < 1.29 is 4.79 Å². The van der Waals surface area contributed by atoms with E-state index < -0.39 is 0 Å². The Balaban J connectivity index is 2.46. The number of hydrogen-bond acceptors (Lipinski definition) is 1. The zero-order valence-electron chi connectivity index (χ0n) is 10.2. The minimum Gasteiger partial charge on any atom is -0.299 e. The molecule has 0 fully saturated rings. The fourth-order valence-electron chi connectivity index (χ4n) is 1.48. The van der Waals surface area contributed by atoms with Crippen LogP contribution < -0.4 is 0 Å². The van der Waals surface area contributed by atoms with E-state index in [0.29, 0.717) is 17.9 Å². The summed E-state index contributed by atoms with van der Waals surface area (Å²) < 4.78 is 0. The van der Waals surface area contributed by atoms with Crippen LogP contribution in [0.15, 0.2) is 24.3 Å². The molecular weight excluding hydrogens is 220 g/mol. The van der Waals surface area contributed by atoms with Crippen LogP contribution in [0.25, 0.3) is 0 Å². The smallest absolute Gasteiger partial charge is 0.137 e. The lowest BCUT2D eigenvalue weighted by molar-refractivity contribution is -0.118. The Bertz CT molecular complexity index is 363. The van der Waals surface area contributed by atoms with E-state index in [1.54, 1.807) is 0 Å². The average Bonchev–Trinajstić information content (AvgIpc) is 2.14. The van der Waals surface area contributed by atoms with Gasteiger partial charge in [-0.3, -0.25) is 4.79 Å². The molecule has 0 bridgehead atoms. The summed E-state index contributed by atoms with van der Waals surface area (Å²) in [5.41, 5.74) is 1.23. The lowest BCUT2D eigenvalue weighted by atomic mass is 9.89. The van der Waals surface area contributed by atoms with Crippen LogP contribution in [0.3, 0.4) is 0 Å². The maximum absolute atomic E-state index is 11.7. The standard InChI is InChI=1S/C14H19ClO/c1-14(2,3)8-7-13(16)10-11-5-4-6-12(15)9-11/h4-6,9H,7-8,10H2,1-3H3. The minimum atomic E-state index is 0.226. The molecule has 16 heavy (non-hydrogen) atoms. The van der Waals surface area contributed by atoms with E-state index in [1.807, 2.05) is 24.3 Å². The van der Waals surface area contributed by atoms with Gasteiger partial charge in [0.2, 0.25) is 0 Å². The number of rotatable bonds is 4. The lowest BCUT2D eigenvalue weighted by Crippen LogP contribution is -2.10. The zero-order valence-corrected chi connectivity index (χ0v) is 11.0. The summed E-state index contributed by atoms with van der Waals surface area (Å²) in [7, 11) is 0. The van der Waals surface area contributed by atoms with Crippen LogP contribution in [-0.2, 0) is 11.2 Å². The topological polar surface area (TPSA) is 17.1 Å². The summed E-state index contributed by atoms with van der Waals surface area (Å²) in [6.07, 6.45) is 2.08. The summed E-state index contributed by atoms with van der Waals surface area (Å²) in [6.45, 7) is 6.46. The number of Topliss-reactive ketones (excluding diaryl/α,β-unsaturated/α-hetero) is 1. The SMILES string of the molecule is CC(C)(C)CCC(=O)Cc1cccc(Cl)c1. The number of hydrogen-bond donors (Lipinski definition) is 0. The van der Waals surface area contributed by atoms with Gasteiger partial charge in [-0.25, -0.2) is 0 Å². The van der Waals surface area contributed by atoms with Crippen molar-refractivity contribution in [2.45, 2.75) is 40.0 Å². The molecule has 1 aromatic carbocycles. The van der Waals surface area contributed by atoms with Gasteiger partial charge in [-0.2, -0.15) is 0 Å². The third kappa shape index (κ3) is 5.32. The highest BCUT2D eigenvalue weighted by molar-refractivity contribution is 6.30. The molecule has 0 saturated heterocycles. The first-order chi connectivity index (χ1) is 7.37. The Morgan fingerprint density at radius 1 is 1.31 bits per heavy atom. The van der Waals surface area contributed by atoms with Crippen molar-refractivity contribution in [3.63, 3.8) is 0 Å². The monoisotopic (exact) mass is 238 g/mol. The van der Waals surface area contributed by atoms with Gasteiger partial charge in [0.15, 0.2) is 0 Å². The van der Waals surface area contributed by atoms with Crippen LogP contribution in [0.4, 0.5) is 0 Å². The maximum Gasteiger partial charge on any atom is 0.137 e. The van der Waals surface area contributed by atoms with Gasteiger partial charge in [-0.05, 0) is 29.5 Å². The van der Waals surface area contributed by atoms with Gasteiger partial charge in [0.05, 0.1) is 0 Å². The van der Waals surface area contributed by atoms with E-state index in [1.165, 1.54) is 0 Å². The molecule has 88 valence electrons. The largest absolute Gasteiger partial charge is 0.299 e. The van der Waals surface area contributed by atoms with Gasteiger partial charge >= 0.3 is 0 Å². The van der Waals surface area contributed by atoms with E-state index >= 15 is 0 Å². The summed E-state index contributed by atoms with van der Waals surface area (Å²) in [6, 6.07) is 7.51. The predicted molar refractivity (Wildman–Crippen MR) is 68.9 cm³/mol. The maximum atomic E-state index is 11.7. The molecule has 1 nitrogen and oxygen atoms in total. The number of benzene rings is 1. The van der Waals surface area contributed by atoms with Crippen molar-refractivity contribution in [1.82, 2.24) is 0 Å². The summed E-state index contributed by atoms with van der Waals surface area (Å²) >= 11 is 5.87.